The van der Waals surface area contributed by atoms with Crippen molar-refractivity contribution in [3.8, 4) is 0 Å². The van der Waals surface area contributed by atoms with Crippen molar-refractivity contribution in [1.29, 1.82) is 0 Å². The minimum atomic E-state index is -0.702. The number of carbonyl (C=O) groups excluding carboxylic acids is 1. The number of halogens is 1. The SMILES string of the molecule is Cc1ccc(F)cc1C(=O)N1CCCC(C)(O)CC1. The van der Waals surface area contributed by atoms with Crippen molar-refractivity contribution in [3.63, 3.8) is 0 Å². The highest BCUT2D eigenvalue weighted by Crippen LogP contribution is 2.23. The van der Waals surface area contributed by atoms with Crippen molar-refractivity contribution in [3.05, 3.63) is 35.1 Å². The molecule has 1 aliphatic rings. The van der Waals surface area contributed by atoms with E-state index in [0.717, 1.165) is 12.0 Å². The summed E-state index contributed by atoms with van der Waals surface area (Å²) in [7, 11) is 0. The molecule has 1 saturated heterocycles. The van der Waals surface area contributed by atoms with E-state index in [4.69, 9.17) is 0 Å². The Morgan fingerprint density at radius 2 is 2.11 bits per heavy atom. The number of aliphatic hydroxyl groups is 1. The molecule has 1 aromatic rings. The van der Waals surface area contributed by atoms with Crippen molar-refractivity contribution in [1.82, 2.24) is 4.90 Å². The monoisotopic (exact) mass is 265 g/mol. The van der Waals surface area contributed by atoms with Crippen LogP contribution in [0.5, 0.6) is 0 Å². The molecule has 2 rings (SSSR count). The zero-order valence-corrected chi connectivity index (χ0v) is 11.4. The van der Waals surface area contributed by atoms with E-state index in [1.165, 1.54) is 12.1 Å². The fourth-order valence-corrected chi connectivity index (χ4v) is 2.46. The van der Waals surface area contributed by atoms with Crippen LogP contribution in [0.4, 0.5) is 4.39 Å². The topological polar surface area (TPSA) is 40.5 Å². The van der Waals surface area contributed by atoms with E-state index in [9.17, 15) is 14.3 Å². The Labute approximate surface area is 113 Å². The van der Waals surface area contributed by atoms with Gasteiger partial charge in [-0.05, 0) is 50.8 Å². The molecule has 4 heteroatoms. The molecule has 1 fully saturated rings. The third-order valence-corrected chi connectivity index (χ3v) is 3.78. The Kier molecular flexibility index (Phi) is 3.90. The number of aryl methyl sites for hydroxylation is 1. The summed E-state index contributed by atoms with van der Waals surface area (Å²) in [6.07, 6.45) is 2.03. The van der Waals surface area contributed by atoms with Crippen molar-refractivity contribution in [2.45, 2.75) is 38.7 Å². The predicted octanol–water partition coefficient (Wildman–Crippen LogP) is 2.51. The van der Waals surface area contributed by atoms with Crippen LogP contribution in [0, 0.1) is 12.7 Å². The van der Waals surface area contributed by atoms with E-state index in [2.05, 4.69) is 0 Å². The van der Waals surface area contributed by atoms with Crippen LogP contribution in [0.25, 0.3) is 0 Å². The van der Waals surface area contributed by atoms with Crippen LogP contribution < -0.4 is 0 Å². The number of hydrogen-bond donors (Lipinski definition) is 1. The average Bonchev–Trinajstić information content (AvgIpc) is 2.52. The van der Waals surface area contributed by atoms with E-state index >= 15 is 0 Å². The third-order valence-electron chi connectivity index (χ3n) is 3.78. The molecule has 0 bridgehead atoms. The molecular formula is C15H20FNO2. The van der Waals surface area contributed by atoms with Gasteiger partial charge in [0.25, 0.3) is 5.91 Å². The lowest BCUT2D eigenvalue weighted by Crippen LogP contribution is -2.34. The van der Waals surface area contributed by atoms with E-state index < -0.39 is 11.4 Å². The van der Waals surface area contributed by atoms with E-state index in [1.807, 2.05) is 0 Å². The molecule has 1 heterocycles. The Bertz CT molecular complexity index is 485. The molecule has 0 spiro atoms. The summed E-state index contributed by atoms with van der Waals surface area (Å²) in [6, 6.07) is 4.27. The lowest BCUT2D eigenvalue weighted by atomic mass is 9.98. The van der Waals surface area contributed by atoms with Gasteiger partial charge >= 0.3 is 0 Å². The maximum Gasteiger partial charge on any atom is 0.254 e. The average molecular weight is 265 g/mol. The Balaban J connectivity index is 2.17. The van der Waals surface area contributed by atoms with Gasteiger partial charge in [-0.2, -0.15) is 0 Å². The molecule has 0 radical (unpaired) electrons. The first-order valence-corrected chi connectivity index (χ1v) is 6.67. The molecule has 0 saturated carbocycles. The molecule has 1 N–H and O–H groups in total. The summed E-state index contributed by atoms with van der Waals surface area (Å²) in [4.78, 5) is 14.1. The van der Waals surface area contributed by atoms with Crippen LogP contribution >= 0.6 is 0 Å². The van der Waals surface area contributed by atoms with Crippen molar-refractivity contribution in [2.24, 2.45) is 0 Å². The van der Waals surface area contributed by atoms with Gasteiger partial charge in [0.1, 0.15) is 5.82 Å². The molecule has 1 aliphatic heterocycles. The minimum absolute atomic E-state index is 0.144. The van der Waals surface area contributed by atoms with Crippen LogP contribution in [-0.4, -0.2) is 34.6 Å². The summed E-state index contributed by atoms with van der Waals surface area (Å²) < 4.78 is 13.3. The van der Waals surface area contributed by atoms with Gasteiger partial charge in [-0.25, -0.2) is 4.39 Å². The normalized spacial score (nSPS) is 24.1. The highest BCUT2D eigenvalue weighted by atomic mass is 19.1. The molecule has 19 heavy (non-hydrogen) atoms. The first-order chi connectivity index (χ1) is 8.89. The smallest absolute Gasteiger partial charge is 0.254 e. The summed E-state index contributed by atoms with van der Waals surface area (Å²) in [6.45, 7) is 4.74. The zero-order valence-electron chi connectivity index (χ0n) is 11.4. The lowest BCUT2D eigenvalue weighted by Gasteiger charge is -2.23. The number of rotatable bonds is 1. The maximum absolute atomic E-state index is 13.3. The molecule has 0 aliphatic carbocycles. The van der Waals surface area contributed by atoms with Crippen molar-refractivity contribution < 1.29 is 14.3 Å². The van der Waals surface area contributed by atoms with Gasteiger partial charge < -0.3 is 10.0 Å². The second-order valence-electron chi connectivity index (χ2n) is 5.60. The molecule has 1 unspecified atom stereocenters. The summed E-state index contributed by atoms with van der Waals surface area (Å²) in [5, 5.41) is 10.0. The van der Waals surface area contributed by atoms with Gasteiger partial charge in [0, 0.05) is 18.7 Å². The van der Waals surface area contributed by atoms with Gasteiger partial charge in [0.05, 0.1) is 5.60 Å². The molecule has 1 aromatic carbocycles. The second kappa shape index (κ2) is 5.29. The van der Waals surface area contributed by atoms with E-state index in [1.54, 1.807) is 24.8 Å². The zero-order chi connectivity index (χ0) is 14.0. The van der Waals surface area contributed by atoms with E-state index in [-0.39, 0.29) is 5.91 Å². The Morgan fingerprint density at radius 3 is 2.84 bits per heavy atom. The van der Waals surface area contributed by atoms with Crippen LogP contribution in [0.1, 0.15) is 42.1 Å². The molecule has 3 nitrogen and oxygen atoms in total. The molecule has 1 amide bonds. The highest BCUT2D eigenvalue weighted by molar-refractivity contribution is 5.95. The van der Waals surface area contributed by atoms with Gasteiger partial charge in [-0.1, -0.05) is 6.07 Å². The van der Waals surface area contributed by atoms with Gasteiger partial charge in [0.2, 0.25) is 0 Å². The number of carbonyl (C=O) groups is 1. The Morgan fingerprint density at radius 1 is 1.37 bits per heavy atom. The van der Waals surface area contributed by atoms with Gasteiger partial charge in [-0.15, -0.1) is 0 Å². The first kappa shape index (κ1) is 14.0. The van der Waals surface area contributed by atoms with Crippen LogP contribution in [0.2, 0.25) is 0 Å². The predicted molar refractivity (Wildman–Crippen MR) is 71.5 cm³/mol. The Hall–Kier alpha value is -1.42. The molecular weight excluding hydrogens is 245 g/mol. The standard InChI is InChI=1S/C15H20FNO2/c1-11-4-5-12(16)10-13(11)14(18)17-8-3-6-15(2,19)7-9-17/h4-5,10,19H,3,6-9H2,1-2H3. The lowest BCUT2D eigenvalue weighted by molar-refractivity contribution is 0.0438. The number of likely N-dealkylation sites (tertiary alicyclic amines) is 1. The van der Waals surface area contributed by atoms with E-state index in [0.29, 0.717) is 31.5 Å². The molecule has 1 atom stereocenters. The number of nitrogens with zero attached hydrogens (tertiary/aromatic N) is 1. The largest absolute Gasteiger partial charge is 0.390 e. The maximum atomic E-state index is 13.3. The third kappa shape index (κ3) is 3.32. The van der Waals surface area contributed by atoms with Crippen LogP contribution in [-0.2, 0) is 0 Å². The van der Waals surface area contributed by atoms with Crippen LogP contribution in [0.15, 0.2) is 18.2 Å². The fourth-order valence-electron chi connectivity index (χ4n) is 2.46. The van der Waals surface area contributed by atoms with Crippen molar-refractivity contribution in [2.75, 3.05) is 13.1 Å². The van der Waals surface area contributed by atoms with Gasteiger partial charge in [-0.3, -0.25) is 4.79 Å². The fraction of sp³-hybridized carbons (Fsp3) is 0.533. The quantitative estimate of drug-likeness (QED) is 0.847. The summed E-state index contributed by atoms with van der Waals surface area (Å²) in [5.74, 6) is -0.537. The van der Waals surface area contributed by atoms with Gasteiger partial charge in [0.15, 0.2) is 0 Å². The second-order valence-corrected chi connectivity index (χ2v) is 5.60. The van der Waals surface area contributed by atoms with Crippen LogP contribution in [0.3, 0.4) is 0 Å². The summed E-state index contributed by atoms with van der Waals surface area (Å²) in [5.41, 5.74) is 0.496. The molecule has 104 valence electrons. The number of hydrogen-bond acceptors (Lipinski definition) is 2. The first-order valence-electron chi connectivity index (χ1n) is 6.67. The number of amides is 1. The molecule has 0 aromatic heterocycles. The van der Waals surface area contributed by atoms with Crippen molar-refractivity contribution >= 4 is 5.91 Å². The number of benzene rings is 1. The summed E-state index contributed by atoms with van der Waals surface area (Å²) >= 11 is 0. The highest BCUT2D eigenvalue weighted by Gasteiger charge is 2.28. The minimum Gasteiger partial charge on any atom is -0.390 e.